The van der Waals surface area contributed by atoms with Crippen LogP contribution in [-0.4, -0.2) is 38.5 Å². The van der Waals surface area contributed by atoms with E-state index in [1.54, 1.807) is 0 Å². The SMILES string of the molecule is NCCCOC1CCC(OCCCN)CC1. The Morgan fingerprint density at radius 1 is 0.750 bits per heavy atom. The molecule has 0 aliphatic heterocycles. The van der Waals surface area contributed by atoms with E-state index >= 15 is 0 Å². The summed E-state index contributed by atoms with van der Waals surface area (Å²) in [6, 6.07) is 0. The van der Waals surface area contributed by atoms with Crippen molar-refractivity contribution in [1.29, 1.82) is 0 Å². The van der Waals surface area contributed by atoms with Gasteiger partial charge in [0.2, 0.25) is 0 Å². The third kappa shape index (κ3) is 5.80. The van der Waals surface area contributed by atoms with Crippen LogP contribution in [-0.2, 0) is 9.47 Å². The number of hydrogen-bond donors (Lipinski definition) is 2. The van der Waals surface area contributed by atoms with E-state index in [1.165, 1.54) is 0 Å². The molecule has 0 heterocycles. The third-order valence-corrected chi connectivity index (χ3v) is 3.03. The Bertz CT molecular complexity index is 141. The first-order chi connectivity index (χ1) is 7.86. The molecule has 0 saturated heterocycles. The Morgan fingerprint density at radius 3 is 1.44 bits per heavy atom. The molecule has 0 atom stereocenters. The van der Waals surface area contributed by atoms with Crippen LogP contribution in [0.15, 0.2) is 0 Å². The van der Waals surface area contributed by atoms with Gasteiger partial charge in [0.1, 0.15) is 0 Å². The van der Waals surface area contributed by atoms with Crippen molar-refractivity contribution in [3.63, 3.8) is 0 Å². The first-order valence-corrected chi connectivity index (χ1v) is 6.50. The highest BCUT2D eigenvalue weighted by molar-refractivity contribution is 4.73. The van der Waals surface area contributed by atoms with Crippen molar-refractivity contribution in [3.8, 4) is 0 Å². The van der Waals surface area contributed by atoms with E-state index in [1.807, 2.05) is 0 Å². The van der Waals surface area contributed by atoms with Gasteiger partial charge in [0.05, 0.1) is 12.2 Å². The Morgan fingerprint density at radius 2 is 1.12 bits per heavy atom. The minimum Gasteiger partial charge on any atom is -0.378 e. The lowest BCUT2D eigenvalue weighted by Crippen LogP contribution is -2.27. The van der Waals surface area contributed by atoms with E-state index in [0.29, 0.717) is 12.2 Å². The molecule has 0 aromatic rings. The zero-order valence-electron chi connectivity index (χ0n) is 10.2. The lowest BCUT2D eigenvalue weighted by atomic mass is 9.95. The van der Waals surface area contributed by atoms with Gasteiger partial charge >= 0.3 is 0 Å². The van der Waals surface area contributed by atoms with Crippen LogP contribution < -0.4 is 11.5 Å². The van der Waals surface area contributed by atoms with Crippen molar-refractivity contribution in [2.75, 3.05) is 26.3 Å². The molecule has 1 aliphatic rings. The molecule has 0 aromatic carbocycles. The molecule has 0 unspecified atom stereocenters. The van der Waals surface area contributed by atoms with Crippen LogP contribution in [0, 0.1) is 0 Å². The molecule has 4 heteroatoms. The lowest BCUT2D eigenvalue weighted by molar-refractivity contribution is -0.0314. The van der Waals surface area contributed by atoms with Gasteiger partial charge in [-0.05, 0) is 51.6 Å². The summed E-state index contributed by atoms with van der Waals surface area (Å²) in [4.78, 5) is 0. The Balaban J connectivity index is 2.00. The molecule has 16 heavy (non-hydrogen) atoms. The molecule has 1 saturated carbocycles. The van der Waals surface area contributed by atoms with Crippen LogP contribution in [0.25, 0.3) is 0 Å². The summed E-state index contributed by atoms with van der Waals surface area (Å²) in [5.74, 6) is 0. The summed E-state index contributed by atoms with van der Waals surface area (Å²) in [6.45, 7) is 3.05. The van der Waals surface area contributed by atoms with Crippen molar-refractivity contribution < 1.29 is 9.47 Å². The Hall–Kier alpha value is -0.160. The van der Waals surface area contributed by atoms with Crippen LogP contribution in [0.5, 0.6) is 0 Å². The average Bonchev–Trinajstić information content (AvgIpc) is 2.32. The zero-order chi connectivity index (χ0) is 11.6. The maximum atomic E-state index is 5.74. The number of nitrogens with two attached hydrogens (primary N) is 2. The molecule has 0 aromatic heterocycles. The van der Waals surface area contributed by atoms with Gasteiger partial charge in [-0.25, -0.2) is 0 Å². The van der Waals surface area contributed by atoms with Crippen molar-refractivity contribution in [1.82, 2.24) is 0 Å². The quantitative estimate of drug-likeness (QED) is 0.611. The van der Waals surface area contributed by atoms with Gasteiger partial charge in [-0.2, -0.15) is 0 Å². The molecule has 0 bridgehead atoms. The minimum atomic E-state index is 0.431. The highest BCUT2D eigenvalue weighted by Gasteiger charge is 2.21. The fourth-order valence-electron chi connectivity index (χ4n) is 2.03. The average molecular weight is 230 g/mol. The molecule has 1 rings (SSSR count). The van der Waals surface area contributed by atoms with Crippen LogP contribution in [0.2, 0.25) is 0 Å². The molecular formula is C12H26N2O2. The van der Waals surface area contributed by atoms with E-state index < -0.39 is 0 Å². The summed E-state index contributed by atoms with van der Waals surface area (Å²) >= 11 is 0. The van der Waals surface area contributed by atoms with Gasteiger partial charge in [-0.1, -0.05) is 0 Å². The van der Waals surface area contributed by atoms with E-state index in [9.17, 15) is 0 Å². The molecule has 0 spiro atoms. The minimum absolute atomic E-state index is 0.431. The van der Waals surface area contributed by atoms with Crippen molar-refractivity contribution >= 4 is 0 Å². The largest absolute Gasteiger partial charge is 0.378 e. The Kier molecular flexibility index (Phi) is 7.76. The number of rotatable bonds is 8. The number of hydrogen-bond acceptors (Lipinski definition) is 4. The van der Waals surface area contributed by atoms with Gasteiger partial charge in [-0.3, -0.25) is 0 Å². The summed E-state index contributed by atoms with van der Waals surface area (Å²) in [7, 11) is 0. The van der Waals surface area contributed by atoms with E-state index in [0.717, 1.165) is 64.8 Å². The fraction of sp³-hybridized carbons (Fsp3) is 1.00. The van der Waals surface area contributed by atoms with Crippen LogP contribution >= 0.6 is 0 Å². The monoisotopic (exact) mass is 230 g/mol. The van der Waals surface area contributed by atoms with Gasteiger partial charge in [0.15, 0.2) is 0 Å². The van der Waals surface area contributed by atoms with Crippen molar-refractivity contribution in [2.45, 2.75) is 50.7 Å². The van der Waals surface area contributed by atoms with Crippen LogP contribution in [0.1, 0.15) is 38.5 Å². The van der Waals surface area contributed by atoms with E-state index in [4.69, 9.17) is 20.9 Å². The van der Waals surface area contributed by atoms with Crippen molar-refractivity contribution in [3.05, 3.63) is 0 Å². The summed E-state index contributed by atoms with van der Waals surface area (Å²) in [6.07, 6.45) is 7.28. The maximum Gasteiger partial charge on any atom is 0.0577 e. The third-order valence-electron chi connectivity index (χ3n) is 3.03. The maximum absolute atomic E-state index is 5.74. The lowest BCUT2D eigenvalue weighted by Gasteiger charge is -2.28. The van der Waals surface area contributed by atoms with Gasteiger partial charge in [-0.15, -0.1) is 0 Å². The zero-order valence-corrected chi connectivity index (χ0v) is 10.2. The molecular weight excluding hydrogens is 204 g/mol. The van der Waals surface area contributed by atoms with E-state index in [2.05, 4.69) is 0 Å². The molecule has 1 fully saturated rings. The van der Waals surface area contributed by atoms with Crippen LogP contribution in [0.4, 0.5) is 0 Å². The molecule has 1 aliphatic carbocycles. The fourth-order valence-corrected chi connectivity index (χ4v) is 2.03. The summed E-state index contributed by atoms with van der Waals surface area (Å²) < 4.78 is 11.5. The standard InChI is InChI=1S/C12H26N2O2/c13-7-1-9-15-11-3-5-12(6-4-11)16-10-2-8-14/h11-12H,1-10,13-14H2. The first-order valence-electron chi connectivity index (χ1n) is 6.50. The first kappa shape index (κ1) is 13.9. The molecule has 0 amide bonds. The smallest absolute Gasteiger partial charge is 0.0577 e. The van der Waals surface area contributed by atoms with E-state index in [-0.39, 0.29) is 0 Å². The molecule has 96 valence electrons. The topological polar surface area (TPSA) is 70.5 Å². The molecule has 4 nitrogen and oxygen atoms in total. The summed E-state index contributed by atoms with van der Waals surface area (Å²) in [5, 5.41) is 0. The predicted octanol–water partition coefficient (Wildman–Crippen LogP) is 1.03. The highest BCUT2D eigenvalue weighted by atomic mass is 16.5. The second-order valence-corrected chi connectivity index (χ2v) is 4.42. The predicted molar refractivity (Wildman–Crippen MR) is 65.3 cm³/mol. The second kappa shape index (κ2) is 8.93. The Labute approximate surface area is 98.7 Å². The van der Waals surface area contributed by atoms with Gasteiger partial charge in [0.25, 0.3) is 0 Å². The molecule has 0 radical (unpaired) electrons. The highest BCUT2D eigenvalue weighted by Crippen LogP contribution is 2.23. The van der Waals surface area contributed by atoms with Crippen LogP contribution in [0.3, 0.4) is 0 Å². The summed E-state index contributed by atoms with van der Waals surface area (Å²) in [5.41, 5.74) is 10.8. The molecule has 4 N–H and O–H groups in total. The number of ether oxygens (including phenoxy) is 2. The van der Waals surface area contributed by atoms with Crippen molar-refractivity contribution in [2.24, 2.45) is 11.5 Å². The second-order valence-electron chi connectivity index (χ2n) is 4.42. The van der Waals surface area contributed by atoms with Gasteiger partial charge in [0, 0.05) is 13.2 Å². The van der Waals surface area contributed by atoms with Gasteiger partial charge < -0.3 is 20.9 Å². The normalized spacial score (nSPS) is 25.9.